The summed E-state index contributed by atoms with van der Waals surface area (Å²) in [6.45, 7) is -0.720. The minimum atomic E-state index is -1.65. The first-order chi connectivity index (χ1) is 20.5. The van der Waals surface area contributed by atoms with Crippen molar-refractivity contribution in [3.05, 3.63) is 64.8 Å². The second-order valence-electron chi connectivity index (χ2n) is 10.5. The molecule has 2 aromatic carbocycles. The normalized spacial score (nSPS) is 27.7. The molecule has 2 fully saturated rings. The van der Waals surface area contributed by atoms with Crippen LogP contribution in [0, 0.1) is 23.3 Å². The highest BCUT2D eigenvalue weighted by Gasteiger charge is 2.52. The summed E-state index contributed by atoms with van der Waals surface area (Å²) in [7, 11) is 1.25. The van der Waals surface area contributed by atoms with Crippen LogP contribution in [0.4, 0.5) is 23.2 Å². The van der Waals surface area contributed by atoms with Crippen LogP contribution in [0.1, 0.15) is 31.7 Å². The van der Waals surface area contributed by atoms with Crippen molar-refractivity contribution in [2.75, 3.05) is 18.6 Å². The van der Waals surface area contributed by atoms with Crippen molar-refractivity contribution < 1.29 is 47.1 Å². The number of halogens is 5. The Bertz CT molecular complexity index is 1460. The Hall–Kier alpha value is -3.14. The lowest BCUT2D eigenvalue weighted by Gasteiger charge is -2.46. The maximum Gasteiger partial charge on any atom is 0.259 e. The fourth-order valence-corrected chi connectivity index (χ4v) is 5.94. The van der Waals surface area contributed by atoms with Gasteiger partial charge in [0.15, 0.2) is 23.6 Å². The highest BCUT2D eigenvalue weighted by Crippen LogP contribution is 2.37. The topological polar surface area (TPSA) is 130 Å². The van der Waals surface area contributed by atoms with Crippen molar-refractivity contribution >= 4 is 23.2 Å². The molecule has 43 heavy (non-hydrogen) atoms. The third kappa shape index (κ3) is 5.99. The van der Waals surface area contributed by atoms with Crippen molar-refractivity contribution in [1.82, 2.24) is 15.0 Å². The number of rotatable bonds is 7. The van der Waals surface area contributed by atoms with E-state index in [1.807, 2.05) is 0 Å². The molecule has 1 amide bonds. The number of carbonyl (C=O) groups excluding carboxylic acids is 1. The van der Waals surface area contributed by atoms with E-state index >= 15 is 0 Å². The molecule has 3 N–H and O–H groups in total. The zero-order valence-corrected chi connectivity index (χ0v) is 23.5. The summed E-state index contributed by atoms with van der Waals surface area (Å²) in [4.78, 5) is 15.6. The van der Waals surface area contributed by atoms with Crippen LogP contribution < -0.4 is 4.90 Å². The summed E-state index contributed by atoms with van der Waals surface area (Å²) in [6.07, 6.45) is -3.05. The van der Waals surface area contributed by atoms with E-state index in [0.29, 0.717) is 19.3 Å². The molecular weight excluding hydrogens is 600 g/mol. The van der Waals surface area contributed by atoms with E-state index in [1.165, 1.54) is 30.3 Å². The van der Waals surface area contributed by atoms with Gasteiger partial charge in [-0.15, -0.1) is 5.10 Å². The van der Waals surface area contributed by atoms with Gasteiger partial charge in [0.2, 0.25) is 0 Å². The van der Waals surface area contributed by atoms with Gasteiger partial charge in [-0.2, -0.15) is 0 Å². The van der Waals surface area contributed by atoms with Gasteiger partial charge in [-0.1, -0.05) is 29.7 Å². The maximum atomic E-state index is 14.3. The van der Waals surface area contributed by atoms with Crippen LogP contribution >= 0.6 is 11.6 Å². The van der Waals surface area contributed by atoms with Crippen LogP contribution in [-0.2, 0) is 14.3 Å². The van der Waals surface area contributed by atoms with Crippen molar-refractivity contribution in [3.63, 3.8) is 0 Å². The average Bonchev–Trinajstić information content (AvgIpc) is 3.48. The van der Waals surface area contributed by atoms with Crippen LogP contribution in [0.15, 0.2) is 36.5 Å². The van der Waals surface area contributed by atoms with Crippen molar-refractivity contribution in [2.45, 2.75) is 68.3 Å². The molecule has 2 heterocycles. The van der Waals surface area contributed by atoms with Gasteiger partial charge in [0.25, 0.3) is 5.91 Å². The van der Waals surface area contributed by atoms with Gasteiger partial charge in [-0.3, -0.25) is 4.79 Å². The maximum absolute atomic E-state index is 14.3. The van der Waals surface area contributed by atoms with Crippen molar-refractivity contribution in [1.29, 1.82) is 0 Å². The standard InChI is InChI=1S/C28H29ClF4N4O6/c1-42-26-24(36-11-19(34-35-36)13-8-17(31)23(33)18(32)9-13)25(40)22(12-38)43-27(26)28(41)37(20-4-2-3-5-21(20)39)14-6-7-16(30)15(29)10-14/h6-11,20-22,24-27,38-40H,2-5,12H2,1H3/t20-,21-,22+,24-,25-,26+,27+/m0/s1. The number of nitrogens with zero attached hydrogens (tertiary/aromatic N) is 4. The van der Waals surface area contributed by atoms with E-state index < -0.39 is 78.4 Å². The van der Waals surface area contributed by atoms with E-state index in [-0.39, 0.29) is 22.0 Å². The Morgan fingerprint density at radius 1 is 1.12 bits per heavy atom. The highest BCUT2D eigenvalue weighted by atomic mass is 35.5. The monoisotopic (exact) mass is 628 g/mol. The van der Waals surface area contributed by atoms with E-state index in [9.17, 15) is 37.7 Å². The second kappa shape index (κ2) is 12.8. The second-order valence-corrected chi connectivity index (χ2v) is 10.9. The van der Waals surface area contributed by atoms with E-state index in [0.717, 1.165) is 29.3 Å². The Morgan fingerprint density at radius 3 is 2.44 bits per heavy atom. The molecule has 2 aliphatic rings. The number of anilines is 1. The molecule has 1 aliphatic heterocycles. The Balaban J connectivity index is 1.54. The lowest BCUT2D eigenvalue weighted by Crippen LogP contribution is -2.63. The van der Waals surface area contributed by atoms with Crippen molar-refractivity contribution in [2.24, 2.45) is 0 Å². The summed E-state index contributed by atoms with van der Waals surface area (Å²) in [5, 5.41) is 39.7. The van der Waals surface area contributed by atoms with Gasteiger partial charge in [-0.25, -0.2) is 22.2 Å². The summed E-state index contributed by atoms with van der Waals surface area (Å²) in [5.41, 5.74) is -0.0368. The number of aliphatic hydroxyl groups excluding tert-OH is 3. The molecule has 15 heteroatoms. The number of hydrogen-bond donors (Lipinski definition) is 3. The third-order valence-electron chi connectivity index (χ3n) is 7.92. The van der Waals surface area contributed by atoms with Crippen molar-refractivity contribution in [3.8, 4) is 11.3 Å². The Labute approximate surface area is 248 Å². The largest absolute Gasteiger partial charge is 0.394 e. The molecule has 1 saturated carbocycles. The summed E-state index contributed by atoms with van der Waals surface area (Å²) >= 11 is 6.04. The van der Waals surface area contributed by atoms with Gasteiger partial charge in [0.1, 0.15) is 35.9 Å². The number of aliphatic hydroxyl groups is 3. The molecule has 0 unspecified atom stereocenters. The number of methoxy groups -OCH3 is 1. The third-order valence-corrected chi connectivity index (χ3v) is 8.21. The number of hydrogen-bond acceptors (Lipinski definition) is 8. The highest BCUT2D eigenvalue weighted by molar-refractivity contribution is 6.31. The molecule has 1 aliphatic carbocycles. The number of ether oxygens (including phenoxy) is 2. The molecule has 10 nitrogen and oxygen atoms in total. The lowest BCUT2D eigenvalue weighted by molar-refractivity contribution is -0.211. The van der Waals surface area contributed by atoms with Gasteiger partial charge in [0.05, 0.1) is 30.0 Å². The van der Waals surface area contributed by atoms with Crippen LogP contribution in [0.2, 0.25) is 5.02 Å². The van der Waals surface area contributed by atoms with Crippen LogP contribution in [0.25, 0.3) is 11.3 Å². The molecule has 3 aromatic rings. The van der Waals surface area contributed by atoms with Gasteiger partial charge < -0.3 is 29.7 Å². The molecule has 0 radical (unpaired) electrons. The van der Waals surface area contributed by atoms with E-state index in [1.54, 1.807) is 0 Å². The smallest absolute Gasteiger partial charge is 0.259 e. The molecule has 1 aromatic heterocycles. The minimum absolute atomic E-state index is 0.0809. The molecule has 0 bridgehead atoms. The molecule has 5 rings (SSSR count). The fraction of sp³-hybridized carbons (Fsp3) is 0.464. The Kier molecular flexibility index (Phi) is 9.34. The van der Waals surface area contributed by atoms with Gasteiger partial charge in [-0.05, 0) is 43.2 Å². The minimum Gasteiger partial charge on any atom is -0.394 e. The first-order valence-electron chi connectivity index (χ1n) is 13.6. The molecule has 232 valence electrons. The summed E-state index contributed by atoms with van der Waals surface area (Å²) in [6, 6.07) is 3.17. The number of amides is 1. The van der Waals surface area contributed by atoms with Gasteiger partial charge in [0, 0.05) is 18.4 Å². The SMILES string of the molecule is CO[C@@H]1[C@@H](n2cc(-c3cc(F)c(F)c(F)c3)nn2)[C@@H](O)[C@@H](CO)O[C@H]1C(=O)N(c1ccc(F)c(Cl)c1)[C@H]1CCCC[C@@H]1O. The lowest BCUT2D eigenvalue weighted by atomic mass is 9.88. The molecule has 7 atom stereocenters. The number of benzene rings is 2. The number of aromatic nitrogens is 3. The van der Waals surface area contributed by atoms with Gasteiger partial charge >= 0.3 is 0 Å². The zero-order chi connectivity index (χ0) is 31.0. The zero-order valence-electron chi connectivity index (χ0n) is 22.8. The average molecular weight is 629 g/mol. The molecular formula is C28H29ClF4N4O6. The predicted molar refractivity (Wildman–Crippen MR) is 144 cm³/mol. The molecule has 1 saturated heterocycles. The van der Waals surface area contributed by atoms with Crippen LogP contribution in [0.3, 0.4) is 0 Å². The summed E-state index contributed by atoms with van der Waals surface area (Å²) in [5.74, 6) is -5.97. The van der Waals surface area contributed by atoms with E-state index in [2.05, 4.69) is 10.3 Å². The fourth-order valence-electron chi connectivity index (χ4n) is 5.76. The predicted octanol–water partition coefficient (Wildman–Crippen LogP) is 3.17. The summed E-state index contributed by atoms with van der Waals surface area (Å²) < 4.78 is 68.0. The number of carbonyl (C=O) groups is 1. The first kappa shape index (κ1) is 31.3. The quantitative estimate of drug-likeness (QED) is 0.269. The molecule has 0 spiro atoms. The van der Waals surface area contributed by atoms with E-state index in [4.69, 9.17) is 21.1 Å². The van der Waals surface area contributed by atoms with Crippen LogP contribution in [0.5, 0.6) is 0 Å². The first-order valence-corrected chi connectivity index (χ1v) is 13.9. The Morgan fingerprint density at radius 2 is 1.81 bits per heavy atom. The van der Waals surface area contributed by atoms with Crippen LogP contribution in [-0.4, -0.2) is 86.5 Å².